The molecule has 3 heterocycles. The average Bonchev–Trinajstić information content (AvgIpc) is 3.97. The molecule has 2 aromatic carbocycles. The van der Waals surface area contributed by atoms with Gasteiger partial charge in [-0.05, 0) is 95.3 Å². The molecule has 5 rings (SSSR count). The van der Waals surface area contributed by atoms with E-state index in [4.69, 9.17) is 26.0 Å². The van der Waals surface area contributed by atoms with Crippen LogP contribution in [0.4, 0.5) is 26.3 Å². The second kappa shape index (κ2) is 23.8. The third-order valence-corrected chi connectivity index (χ3v) is 11.4. The predicted octanol–water partition coefficient (Wildman–Crippen LogP) is 7.95. The van der Waals surface area contributed by atoms with Crippen LogP contribution in [-0.2, 0) is 47.6 Å². The summed E-state index contributed by atoms with van der Waals surface area (Å²) in [5, 5.41) is 21.2. The zero-order valence-electron chi connectivity index (χ0n) is 36.9. The number of carbonyl (C=O) groups excluding carboxylic acids is 4. The second-order valence-corrected chi connectivity index (χ2v) is 17.1. The summed E-state index contributed by atoms with van der Waals surface area (Å²) in [5.41, 5.74) is 2.61. The Labute approximate surface area is 379 Å². The maximum atomic E-state index is 14.4. The number of carbonyl (C=O) groups is 4. The van der Waals surface area contributed by atoms with Crippen molar-refractivity contribution in [1.82, 2.24) is 20.6 Å². The molecule has 3 aromatic rings. The van der Waals surface area contributed by atoms with E-state index < -0.39 is 66.5 Å². The Hall–Kier alpha value is -5.56. The Balaban J connectivity index is 1.42. The number of ether oxygens (including phenoxy) is 2. The van der Waals surface area contributed by atoms with Crippen molar-refractivity contribution in [2.24, 2.45) is 5.73 Å². The van der Waals surface area contributed by atoms with Crippen molar-refractivity contribution < 1.29 is 55.0 Å². The number of benzene rings is 2. The molecule has 0 spiro atoms. The van der Waals surface area contributed by atoms with E-state index in [1.807, 2.05) is 0 Å². The number of hydrogen-bond donors (Lipinski definition) is 5. The molecule has 6 N–H and O–H groups in total. The van der Waals surface area contributed by atoms with Gasteiger partial charge in [0.2, 0.25) is 0 Å². The lowest BCUT2D eigenvalue weighted by molar-refractivity contribution is -0.138. The summed E-state index contributed by atoms with van der Waals surface area (Å²) in [4.78, 5) is 62.2. The van der Waals surface area contributed by atoms with E-state index in [-0.39, 0.29) is 81.8 Å². The number of rotatable bonds is 26. The smallest absolute Gasteiger partial charge is 0.416 e. The lowest BCUT2D eigenvalue weighted by Gasteiger charge is -2.22. The first-order valence-electron chi connectivity index (χ1n) is 22.3. The van der Waals surface area contributed by atoms with Crippen molar-refractivity contribution in [2.45, 2.75) is 134 Å². The Morgan fingerprint density at radius 3 is 1.38 bits per heavy atom. The maximum absolute atomic E-state index is 14.4. The van der Waals surface area contributed by atoms with Gasteiger partial charge in [-0.1, -0.05) is 12.8 Å². The SMILES string of the molecule is CC(=N)CCCCCC(=O)Cc1cc(C(F)(F)F)cc(CC(=O)c2cc(C(=O)Cc3cc(C(F)(F)F)cc(CC(=O)CCCCCC(=N)N)c3O[C@H]3CCNC3)ncn2)c1O[C@H]1CCNC1. The van der Waals surface area contributed by atoms with E-state index in [2.05, 4.69) is 20.6 Å². The van der Waals surface area contributed by atoms with Crippen molar-refractivity contribution in [1.29, 1.82) is 10.8 Å². The highest BCUT2D eigenvalue weighted by Crippen LogP contribution is 2.39. The van der Waals surface area contributed by atoms with Crippen molar-refractivity contribution in [3.05, 3.63) is 81.4 Å². The average molecular weight is 930 g/mol. The molecule has 0 aliphatic carbocycles. The molecule has 66 heavy (non-hydrogen) atoms. The highest BCUT2D eigenvalue weighted by molar-refractivity contribution is 6.01. The molecule has 1 aromatic heterocycles. The number of nitrogens with zero attached hydrogens (tertiary/aromatic N) is 2. The number of aromatic nitrogens is 2. The van der Waals surface area contributed by atoms with Crippen LogP contribution in [0.15, 0.2) is 36.7 Å². The molecule has 0 radical (unpaired) electrons. The van der Waals surface area contributed by atoms with Gasteiger partial charge < -0.3 is 31.3 Å². The summed E-state index contributed by atoms with van der Waals surface area (Å²) >= 11 is 0. The molecule has 13 nitrogen and oxygen atoms in total. The third kappa shape index (κ3) is 15.8. The molecule has 0 amide bonds. The minimum absolute atomic E-state index is 0.0141. The van der Waals surface area contributed by atoms with E-state index in [1.54, 1.807) is 6.92 Å². The normalized spacial score (nSPS) is 16.3. The summed E-state index contributed by atoms with van der Waals surface area (Å²) in [6.07, 6.45) is -6.34. The number of amidine groups is 1. The molecule has 0 saturated carbocycles. The largest absolute Gasteiger partial charge is 0.488 e. The zero-order chi connectivity index (χ0) is 48.0. The first-order valence-corrected chi connectivity index (χ1v) is 22.3. The van der Waals surface area contributed by atoms with Crippen LogP contribution < -0.4 is 25.8 Å². The number of nitrogens with two attached hydrogens (primary N) is 1. The Kier molecular flexibility index (Phi) is 18.5. The van der Waals surface area contributed by atoms with Gasteiger partial charge in [0, 0.05) is 86.0 Å². The van der Waals surface area contributed by atoms with Gasteiger partial charge in [0.25, 0.3) is 0 Å². The fourth-order valence-corrected chi connectivity index (χ4v) is 7.95. The van der Waals surface area contributed by atoms with E-state index in [1.165, 1.54) is 0 Å². The van der Waals surface area contributed by atoms with Crippen LogP contribution in [-0.4, -0.2) is 83.0 Å². The topological polar surface area (TPSA) is 210 Å². The quantitative estimate of drug-likeness (QED) is 0.0172. The molecule has 358 valence electrons. The highest BCUT2D eigenvalue weighted by Gasteiger charge is 2.36. The molecule has 0 bridgehead atoms. The van der Waals surface area contributed by atoms with Crippen LogP contribution in [0.25, 0.3) is 0 Å². The highest BCUT2D eigenvalue weighted by atomic mass is 19.4. The van der Waals surface area contributed by atoms with Crippen LogP contribution in [0.2, 0.25) is 0 Å². The number of hydrogen-bond acceptors (Lipinski definition) is 12. The van der Waals surface area contributed by atoms with Gasteiger partial charge in [-0.3, -0.25) is 24.6 Å². The Bertz CT molecular complexity index is 2090. The first kappa shape index (κ1) is 51.4. The fourth-order valence-electron chi connectivity index (χ4n) is 7.95. The molecule has 2 fully saturated rings. The number of halogens is 6. The third-order valence-electron chi connectivity index (χ3n) is 11.4. The van der Waals surface area contributed by atoms with Gasteiger partial charge in [0.15, 0.2) is 11.6 Å². The van der Waals surface area contributed by atoms with Crippen LogP contribution in [0.3, 0.4) is 0 Å². The number of ketones is 4. The van der Waals surface area contributed by atoms with Crippen LogP contribution in [0.5, 0.6) is 11.5 Å². The van der Waals surface area contributed by atoms with E-state index >= 15 is 0 Å². The molecule has 2 saturated heterocycles. The van der Waals surface area contributed by atoms with Gasteiger partial charge in [-0.15, -0.1) is 0 Å². The van der Waals surface area contributed by atoms with E-state index in [0.29, 0.717) is 96.1 Å². The summed E-state index contributed by atoms with van der Waals surface area (Å²) in [6.45, 7) is 3.59. The molecule has 0 unspecified atom stereocenters. The van der Waals surface area contributed by atoms with Gasteiger partial charge in [0.05, 0.1) is 17.0 Å². The van der Waals surface area contributed by atoms with E-state index in [0.717, 1.165) is 36.7 Å². The van der Waals surface area contributed by atoms with Crippen molar-refractivity contribution in [3.63, 3.8) is 0 Å². The maximum Gasteiger partial charge on any atom is 0.416 e. The molecule has 2 aliphatic heterocycles. The lowest BCUT2D eigenvalue weighted by atomic mass is 9.94. The standard InChI is InChI=1S/C47H57F6N7O6/c1-28(54)8-4-2-5-9-35(61)20-29-16-33(46(48,49)50)18-31(44(29)65-37-12-14-57-25-37)22-41(63)39-24-40(60-27-59-39)42(64)23-32-19-34(47(51,52)53)17-30(45(32)66-38-13-15-58-26-38)21-36(62)10-6-3-7-11-43(55)56/h16-19,24,27,37-38,54,57-58H,2-15,20-23,25-26H2,1H3,(H3,55,56)/t37-,38-/m0/s1. The Morgan fingerprint density at radius 2 is 1.02 bits per heavy atom. The second-order valence-electron chi connectivity index (χ2n) is 17.1. The number of Topliss-reactive ketones (excluding diaryl/α,β-unsaturated/α-hetero) is 4. The summed E-state index contributed by atoms with van der Waals surface area (Å²) in [5.74, 6) is -2.37. The molecular weight excluding hydrogens is 873 g/mol. The van der Waals surface area contributed by atoms with Crippen LogP contribution >= 0.6 is 0 Å². The first-order chi connectivity index (χ1) is 31.3. The van der Waals surface area contributed by atoms with Gasteiger partial charge in [-0.2, -0.15) is 26.3 Å². The minimum atomic E-state index is -4.86. The predicted molar refractivity (Wildman–Crippen MR) is 234 cm³/mol. The number of nitrogens with one attached hydrogen (secondary N) is 4. The van der Waals surface area contributed by atoms with Crippen molar-refractivity contribution >= 4 is 34.7 Å². The fraction of sp³-hybridized carbons (Fsp3) is 0.532. The van der Waals surface area contributed by atoms with Crippen LogP contribution in [0, 0.1) is 10.8 Å². The molecule has 2 atom stereocenters. The lowest BCUT2D eigenvalue weighted by Crippen LogP contribution is -2.23. The monoisotopic (exact) mass is 929 g/mol. The molecule has 19 heteroatoms. The van der Waals surface area contributed by atoms with Gasteiger partial charge in [-0.25, -0.2) is 9.97 Å². The zero-order valence-corrected chi connectivity index (χ0v) is 36.9. The Morgan fingerprint density at radius 1 is 0.621 bits per heavy atom. The van der Waals surface area contributed by atoms with Crippen molar-refractivity contribution in [2.75, 3.05) is 26.2 Å². The van der Waals surface area contributed by atoms with Crippen LogP contribution in [0.1, 0.15) is 138 Å². The summed E-state index contributed by atoms with van der Waals surface area (Å²) in [6, 6.07) is 4.31. The minimum Gasteiger partial charge on any atom is -0.488 e. The number of unbranched alkanes of at least 4 members (excludes halogenated alkanes) is 4. The summed E-state index contributed by atoms with van der Waals surface area (Å²) in [7, 11) is 0. The molecule has 2 aliphatic rings. The molecular formula is C47H57F6N7O6. The van der Waals surface area contributed by atoms with E-state index in [9.17, 15) is 45.5 Å². The van der Waals surface area contributed by atoms with Gasteiger partial charge in [0.1, 0.15) is 53.0 Å². The van der Waals surface area contributed by atoms with Gasteiger partial charge >= 0.3 is 12.4 Å². The number of alkyl halides is 6. The van der Waals surface area contributed by atoms with Crippen molar-refractivity contribution in [3.8, 4) is 11.5 Å². The summed E-state index contributed by atoms with van der Waals surface area (Å²) < 4.78 is 98.7.